The van der Waals surface area contributed by atoms with Gasteiger partial charge in [-0.2, -0.15) is 0 Å². The number of hydrogen-bond acceptors (Lipinski definition) is 1. The Labute approximate surface area is 94.2 Å². The van der Waals surface area contributed by atoms with Crippen molar-refractivity contribution in [1.82, 2.24) is 0 Å². The molecular formula is C12H12OW. The molecule has 1 aromatic heterocycles. The predicted octanol–water partition coefficient (Wildman–Crippen LogP) is 3.46. The molecule has 1 heterocycles. The molecule has 0 aliphatic rings. The first kappa shape index (κ1) is 9.86. The average molecular weight is 356 g/mol. The standard InChI is InChI=1S/C12H12O.W/c1-2-5-12-11-7-4-3-6-10(11)8-9-13-12;/h3-4,6-8H,2,5H2,1H3;. The molecule has 0 fully saturated rings. The molecule has 1 aromatic carbocycles. The zero-order valence-electron chi connectivity index (χ0n) is 8.12. The normalized spacial score (nSPS) is 10.6. The summed E-state index contributed by atoms with van der Waals surface area (Å²) in [5, 5.41) is 2.56. The van der Waals surface area contributed by atoms with Crippen LogP contribution in [0.15, 0.2) is 34.7 Å². The summed E-state index contributed by atoms with van der Waals surface area (Å²) >= 11 is 1.39. The van der Waals surface area contributed by atoms with Gasteiger partial charge >= 0.3 is 94.1 Å². The van der Waals surface area contributed by atoms with E-state index in [9.17, 15) is 0 Å². The molecule has 14 heavy (non-hydrogen) atoms. The summed E-state index contributed by atoms with van der Waals surface area (Å²) in [6.07, 6.45) is 2.16. The Morgan fingerprint density at radius 2 is 2.07 bits per heavy atom. The molecule has 0 bridgehead atoms. The molecule has 2 rings (SSSR count). The number of aryl methyl sites for hydroxylation is 1. The van der Waals surface area contributed by atoms with Crippen molar-refractivity contribution >= 4 is 10.8 Å². The van der Waals surface area contributed by atoms with Crippen LogP contribution in [-0.4, -0.2) is 0 Å². The molecular weight excluding hydrogens is 344 g/mol. The topological polar surface area (TPSA) is 13.1 Å². The summed E-state index contributed by atoms with van der Waals surface area (Å²) in [5.41, 5.74) is 0. The van der Waals surface area contributed by atoms with E-state index < -0.39 is 0 Å². The third-order valence-corrected chi connectivity index (χ3v) is 2.96. The van der Waals surface area contributed by atoms with Crippen molar-refractivity contribution in [3.63, 3.8) is 0 Å². The van der Waals surface area contributed by atoms with Crippen LogP contribution in [0.25, 0.3) is 10.8 Å². The molecule has 72 valence electrons. The zero-order chi connectivity index (χ0) is 9.97. The number of rotatable bonds is 2. The van der Waals surface area contributed by atoms with Crippen molar-refractivity contribution in [2.24, 2.45) is 0 Å². The van der Waals surface area contributed by atoms with E-state index in [4.69, 9.17) is 4.42 Å². The van der Waals surface area contributed by atoms with E-state index in [-0.39, 0.29) is 0 Å². The average Bonchev–Trinajstić information content (AvgIpc) is 2.18. The summed E-state index contributed by atoms with van der Waals surface area (Å²) in [5.74, 6) is 1.13. The van der Waals surface area contributed by atoms with E-state index >= 15 is 0 Å². The molecule has 0 aliphatic carbocycles. The van der Waals surface area contributed by atoms with Crippen molar-refractivity contribution < 1.29 is 23.8 Å². The van der Waals surface area contributed by atoms with E-state index in [0.717, 1.165) is 22.3 Å². The third-order valence-electron chi connectivity index (χ3n) is 2.24. The van der Waals surface area contributed by atoms with Gasteiger partial charge in [-0.25, -0.2) is 0 Å². The van der Waals surface area contributed by atoms with Crippen molar-refractivity contribution in [1.29, 1.82) is 0 Å². The van der Waals surface area contributed by atoms with E-state index in [0.29, 0.717) is 0 Å². The van der Waals surface area contributed by atoms with Crippen LogP contribution in [0.1, 0.15) is 19.1 Å². The number of fused-ring (bicyclic) bond motifs is 1. The molecule has 0 saturated heterocycles. The van der Waals surface area contributed by atoms with Crippen LogP contribution in [0, 0.1) is 3.74 Å². The first-order valence-corrected chi connectivity index (χ1v) is 6.29. The minimum atomic E-state index is 1.03. The van der Waals surface area contributed by atoms with Crippen LogP contribution in [0.3, 0.4) is 0 Å². The van der Waals surface area contributed by atoms with Gasteiger partial charge in [0, 0.05) is 0 Å². The fourth-order valence-corrected chi connectivity index (χ4v) is 2.44. The summed E-state index contributed by atoms with van der Waals surface area (Å²) < 4.78 is 6.84. The van der Waals surface area contributed by atoms with Gasteiger partial charge in [-0.05, 0) is 0 Å². The minimum absolute atomic E-state index is 1.03. The molecule has 0 unspecified atom stereocenters. The van der Waals surface area contributed by atoms with Crippen molar-refractivity contribution in [2.45, 2.75) is 19.8 Å². The van der Waals surface area contributed by atoms with Gasteiger partial charge in [0.25, 0.3) is 0 Å². The van der Waals surface area contributed by atoms with Crippen LogP contribution < -0.4 is 0 Å². The molecule has 1 nitrogen and oxygen atoms in total. The molecule has 0 radical (unpaired) electrons. The van der Waals surface area contributed by atoms with Gasteiger partial charge in [0.1, 0.15) is 0 Å². The van der Waals surface area contributed by atoms with E-state index in [1.54, 1.807) is 0 Å². The second-order valence-corrected chi connectivity index (χ2v) is 4.77. The van der Waals surface area contributed by atoms with Gasteiger partial charge in [0.05, 0.1) is 0 Å². The first-order chi connectivity index (χ1) is 6.81. The Balaban J connectivity index is 2.73. The Morgan fingerprint density at radius 1 is 1.29 bits per heavy atom. The van der Waals surface area contributed by atoms with Crippen LogP contribution >= 0.6 is 0 Å². The second kappa shape index (κ2) is 4.23. The molecule has 0 amide bonds. The molecule has 0 saturated carbocycles. The Kier molecular flexibility index (Phi) is 2.98. The monoisotopic (exact) mass is 356 g/mol. The molecule has 2 heteroatoms. The SMILES string of the molecule is CCCc1o[c](=[W])cc2ccccc12. The van der Waals surface area contributed by atoms with Gasteiger partial charge in [-0.15, -0.1) is 0 Å². The van der Waals surface area contributed by atoms with Crippen LogP contribution in [0.4, 0.5) is 0 Å². The Bertz CT molecular complexity index is 499. The van der Waals surface area contributed by atoms with Gasteiger partial charge in [0.15, 0.2) is 0 Å². The molecule has 0 atom stereocenters. The molecule has 0 spiro atoms. The molecule has 2 aromatic rings. The number of benzene rings is 1. The maximum atomic E-state index is 5.77. The van der Waals surface area contributed by atoms with Gasteiger partial charge < -0.3 is 0 Å². The fourth-order valence-electron chi connectivity index (χ4n) is 1.62. The van der Waals surface area contributed by atoms with Crippen LogP contribution in [0.5, 0.6) is 0 Å². The van der Waals surface area contributed by atoms with Crippen molar-refractivity contribution in [3.8, 4) is 0 Å². The fraction of sp³-hybridized carbons (Fsp3) is 0.250. The number of hydrogen-bond donors (Lipinski definition) is 0. The maximum absolute atomic E-state index is 5.77. The third kappa shape index (κ3) is 1.88. The van der Waals surface area contributed by atoms with Gasteiger partial charge in [-0.3, -0.25) is 0 Å². The molecule has 0 aliphatic heterocycles. The quantitative estimate of drug-likeness (QED) is 0.804. The summed E-state index contributed by atoms with van der Waals surface area (Å²) in [6.45, 7) is 2.18. The van der Waals surface area contributed by atoms with Crippen molar-refractivity contribution in [3.05, 3.63) is 39.8 Å². The summed E-state index contributed by atoms with van der Waals surface area (Å²) in [6, 6.07) is 10.6. The van der Waals surface area contributed by atoms with E-state index in [2.05, 4.69) is 37.3 Å². The second-order valence-electron chi connectivity index (χ2n) is 3.33. The Morgan fingerprint density at radius 3 is 2.86 bits per heavy atom. The van der Waals surface area contributed by atoms with Crippen LogP contribution in [-0.2, 0) is 25.8 Å². The summed E-state index contributed by atoms with van der Waals surface area (Å²) in [7, 11) is 0. The van der Waals surface area contributed by atoms with Gasteiger partial charge in [0.2, 0.25) is 0 Å². The van der Waals surface area contributed by atoms with E-state index in [1.807, 2.05) is 0 Å². The summed E-state index contributed by atoms with van der Waals surface area (Å²) in [4.78, 5) is 0. The van der Waals surface area contributed by atoms with E-state index in [1.165, 1.54) is 30.1 Å². The van der Waals surface area contributed by atoms with Gasteiger partial charge in [-0.1, -0.05) is 0 Å². The van der Waals surface area contributed by atoms with Crippen LogP contribution in [0.2, 0.25) is 0 Å². The zero-order valence-corrected chi connectivity index (χ0v) is 11.1. The Hall–Kier alpha value is -0.682. The van der Waals surface area contributed by atoms with Crippen molar-refractivity contribution in [2.75, 3.05) is 0 Å². The predicted molar refractivity (Wildman–Crippen MR) is 53.5 cm³/mol. The first-order valence-electron chi connectivity index (χ1n) is 4.83. The molecule has 0 N–H and O–H groups in total.